The molecule has 0 aromatic carbocycles. The summed E-state index contributed by atoms with van der Waals surface area (Å²) in [5.41, 5.74) is 0. The van der Waals surface area contributed by atoms with E-state index in [0.717, 1.165) is 25.9 Å². The van der Waals surface area contributed by atoms with Crippen LogP contribution in [0.5, 0.6) is 0 Å². The molecule has 1 aliphatic rings. The molecule has 0 bridgehead atoms. The second-order valence-corrected chi connectivity index (χ2v) is 4.14. The molecular formula is C13H21NO2. The lowest BCUT2D eigenvalue weighted by Crippen LogP contribution is -2.41. The quantitative estimate of drug-likeness (QED) is 0.538. The van der Waals surface area contributed by atoms with E-state index in [4.69, 9.17) is 4.74 Å². The molecule has 1 fully saturated rings. The van der Waals surface area contributed by atoms with Crippen LogP contribution in [-0.2, 0) is 9.53 Å². The van der Waals surface area contributed by atoms with Crippen molar-refractivity contribution in [2.24, 2.45) is 0 Å². The zero-order valence-electron chi connectivity index (χ0n) is 10.3. The highest BCUT2D eigenvalue weighted by Crippen LogP contribution is 2.20. The van der Waals surface area contributed by atoms with Crippen LogP contribution >= 0.6 is 0 Å². The van der Waals surface area contributed by atoms with Gasteiger partial charge in [0.05, 0.1) is 13.5 Å². The Morgan fingerprint density at radius 2 is 2.31 bits per heavy atom. The van der Waals surface area contributed by atoms with Crippen LogP contribution in [0.1, 0.15) is 39.0 Å². The lowest BCUT2D eigenvalue weighted by Gasteiger charge is -2.34. The summed E-state index contributed by atoms with van der Waals surface area (Å²) in [7, 11) is 1.46. The summed E-state index contributed by atoms with van der Waals surface area (Å²) in [5.74, 6) is 5.88. The highest BCUT2D eigenvalue weighted by molar-refractivity contribution is 5.69. The van der Waals surface area contributed by atoms with Crippen LogP contribution in [0.4, 0.5) is 0 Å². The number of carbonyl (C=O) groups excluding carboxylic acids is 1. The summed E-state index contributed by atoms with van der Waals surface area (Å²) < 4.78 is 4.73. The average molecular weight is 223 g/mol. The lowest BCUT2D eigenvalue weighted by molar-refractivity contribution is -0.142. The van der Waals surface area contributed by atoms with Gasteiger partial charge in [-0.25, -0.2) is 0 Å². The predicted octanol–water partition coefficient (Wildman–Crippen LogP) is 1.82. The third-order valence-corrected chi connectivity index (χ3v) is 3.08. The number of hydrogen-bond acceptors (Lipinski definition) is 3. The molecule has 1 atom stereocenters. The minimum atomic E-state index is -0.0986. The van der Waals surface area contributed by atoms with Gasteiger partial charge in [-0.15, -0.1) is 11.8 Å². The van der Waals surface area contributed by atoms with Crippen LogP contribution in [0.3, 0.4) is 0 Å². The largest absolute Gasteiger partial charge is 0.469 e. The smallest absolute Gasteiger partial charge is 0.307 e. The Morgan fingerprint density at radius 3 is 3.00 bits per heavy atom. The standard InChI is InChI=1S/C13H21NO2/c1-3-4-6-9-14-10-7-5-8-12(14)11-13(15)16-2/h12H,5-11H2,1-2H3. The van der Waals surface area contributed by atoms with E-state index in [-0.39, 0.29) is 5.97 Å². The van der Waals surface area contributed by atoms with Gasteiger partial charge in [0.25, 0.3) is 0 Å². The van der Waals surface area contributed by atoms with Crippen molar-refractivity contribution in [1.82, 2.24) is 4.90 Å². The van der Waals surface area contributed by atoms with E-state index in [1.54, 1.807) is 0 Å². The van der Waals surface area contributed by atoms with Gasteiger partial charge in [-0.05, 0) is 26.3 Å². The van der Waals surface area contributed by atoms with Crippen LogP contribution in [0.2, 0.25) is 0 Å². The first-order valence-electron chi connectivity index (χ1n) is 5.98. The van der Waals surface area contributed by atoms with E-state index in [1.807, 2.05) is 6.92 Å². The summed E-state index contributed by atoms with van der Waals surface area (Å²) in [4.78, 5) is 13.7. The zero-order chi connectivity index (χ0) is 11.8. The normalized spacial score (nSPS) is 21.0. The van der Waals surface area contributed by atoms with Gasteiger partial charge >= 0.3 is 5.97 Å². The molecule has 1 unspecified atom stereocenters. The van der Waals surface area contributed by atoms with Crippen molar-refractivity contribution in [2.75, 3.05) is 20.2 Å². The third-order valence-electron chi connectivity index (χ3n) is 3.08. The van der Waals surface area contributed by atoms with Gasteiger partial charge in [0.1, 0.15) is 0 Å². The molecule has 0 radical (unpaired) electrons. The van der Waals surface area contributed by atoms with Crippen molar-refractivity contribution in [3.05, 3.63) is 0 Å². The zero-order valence-corrected chi connectivity index (χ0v) is 10.3. The van der Waals surface area contributed by atoms with Crippen molar-refractivity contribution in [3.8, 4) is 11.8 Å². The SMILES string of the molecule is CC#CCCN1CCCCC1CC(=O)OC. The Morgan fingerprint density at radius 1 is 1.50 bits per heavy atom. The highest BCUT2D eigenvalue weighted by Gasteiger charge is 2.24. The number of hydrogen-bond donors (Lipinski definition) is 0. The minimum absolute atomic E-state index is 0.0986. The fraction of sp³-hybridized carbons (Fsp3) is 0.769. The van der Waals surface area contributed by atoms with Gasteiger partial charge in [-0.2, -0.15) is 0 Å². The first-order chi connectivity index (χ1) is 7.77. The molecule has 0 aromatic heterocycles. The summed E-state index contributed by atoms with van der Waals surface area (Å²) in [6.07, 6.45) is 4.98. The maximum atomic E-state index is 11.3. The summed E-state index contributed by atoms with van der Waals surface area (Å²) >= 11 is 0. The number of ether oxygens (including phenoxy) is 1. The van der Waals surface area contributed by atoms with Gasteiger partial charge in [0, 0.05) is 19.0 Å². The van der Waals surface area contributed by atoms with E-state index >= 15 is 0 Å². The number of rotatable bonds is 4. The van der Waals surface area contributed by atoms with Crippen molar-refractivity contribution in [1.29, 1.82) is 0 Å². The fourth-order valence-corrected chi connectivity index (χ4v) is 2.19. The van der Waals surface area contributed by atoms with Gasteiger partial charge in [-0.1, -0.05) is 6.42 Å². The Kier molecular flexibility index (Phi) is 5.95. The maximum Gasteiger partial charge on any atom is 0.307 e. The van der Waals surface area contributed by atoms with E-state index in [1.165, 1.54) is 20.0 Å². The maximum absolute atomic E-state index is 11.3. The molecule has 0 aromatic rings. The number of likely N-dealkylation sites (tertiary alicyclic amines) is 1. The van der Waals surface area contributed by atoms with Crippen molar-refractivity contribution in [3.63, 3.8) is 0 Å². The topological polar surface area (TPSA) is 29.5 Å². The molecule has 1 heterocycles. The Balaban J connectivity index is 2.42. The Bertz CT molecular complexity index is 277. The highest BCUT2D eigenvalue weighted by atomic mass is 16.5. The number of esters is 1. The molecule has 90 valence electrons. The summed E-state index contributed by atoms with van der Waals surface area (Å²) in [6.45, 7) is 3.93. The van der Waals surface area contributed by atoms with Gasteiger partial charge in [0.15, 0.2) is 0 Å². The van der Waals surface area contributed by atoms with Gasteiger partial charge < -0.3 is 4.74 Å². The predicted molar refractivity (Wildman–Crippen MR) is 63.9 cm³/mol. The first-order valence-corrected chi connectivity index (χ1v) is 5.98. The molecule has 1 rings (SSSR count). The molecule has 3 heteroatoms. The van der Waals surface area contributed by atoms with E-state index in [9.17, 15) is 4.79 Å². The molecule has 0 N–H and O–H groups in total. The summed E-state index contributed by atoms with van der Waals surface area (Å²) in [6, 6.07) is 0.361. The molecule has 0 aliphatic carbocycles. The van der Waals surface area contributed by atoms with Crippen molar-refractivity contribution < 1.29 is 9.53 Å². The third kappa shape index (κ3) is 4.24. The Labute approximate surface area is 98.1 Å². The number of nitrogens with zero attached hydrogens (tertiary/aromatic N) is 1. The monoisotopic (exact) mass is 223 g/mol. The number of carbonyl (C=O) groups is 1. The average Bonchev–Trinajstić information content (AvgIpc) is 2.31. The van der Waals surface area contributed by atoms with E-state index in [2.05, 4.69) is 16.7 Å². The summed E-state index contributed by atoms with van der Waals surface area (Å²) in [5, 5.41) is 0. The molecule has 0 saturated carbocycles. The lowest BCUT2D eigenvalue weighted by atomic mass is 9.99. The van der Waals surface area contributed by atoms with Crippen LogP contribution in [0.25, 0.3) is 0 Å². The number of piperidine rings is 1. The second kappa shape index (κ2) is 7.29. The Hall–Kier alpha value is -1.01. The minimum Gasteiger partial charge on any atom is -0.469 e. The van der Waals surface area contributed by atoms with Crippen molar-refractivity contribution in [2.45, 2.75) is 45.1 Å². The van der Waals surface area contributed by atoms with Crippen LogP contribution in [0, 0.1) is 11.8 Å². The van der Waals surface area contributed by atoms with E-state index < -0.39 is 0 Å². The molecule has 3 nitrogen and oxygen atoms in total. The van der Waals surface area contributed by atoms with Crippen LogP contribution < -0.4 is 0 Å². The molecule has 16 heavy (non-hydrogen) atoms. The molecule has 1 aliphatic heterocycles. The van der Waals surface area contributed by atoms with Crippen LogP contribution in [0.15, 0.2) is 0 Å². The van der Waals surface area contributed by atoms with Crippen molar-refractivity contribution >= 4 is 5.97 Å². The molecule has 1 saturated heterocycles. The van der Waals surface area contributed by atoms with Crippen LogP contribution in [-0.4, -0.2) is 37.1 Å². The number of methoxy groups -OCH3 is 1. The molecular weight excluding hydrogens is 202 g/mol. The first kappa shape index (κ1) is 13.1. The fourth-order valence-electron chi connectivity index (χ4n) is 2.19. The molecule has 0 amide bonds. The molecule has 0 spiro atoms. The second-order valence-electron chi connectivity index (χ2n) is 4.14. The van der Waals surface area contributed by atoms with Gasteiger partial charge in [0.2, 0.25) is 0 Å². The van der Waals surface area contributed by atoms with E-state index in [0.29, 0.717) is 12.5 Å². The van der Waals surface area contributed by atoms with Gasteiger partial charge in [-0.3, -0.25) is 9.69 Å².